The lowest BCUT2D eigenvalue weighted by atomic mass is 10.0. The van der Waals surface area contributed by atoms with Crippen LogP contribution in [0.1, 0.15) is 0 Å². The van der Waals surface area contributed by atoms with Crippen molar-refractivity contribution in [1.82, 2.24) is 14.1 Å². The summed E-state index contributed by atoms with van der Waals surface area (Å²) in [6.45, 7) is 0. The van der Waals surface area contributed by atoms with E-state index in [1.54, 1.807) is 0 Å². The minimum absolute atomic E-state index is 1.07. The van der Waals surface area contributed by atoms with Crippen molar-refractivity contribution in [2.45, 2.75) is 0 Å². The molecule has 0 aliphatic heterocycles. The predicted molar refractivity (Wildman–Crippen MR) is 226 cm³/mol. The van der Waals surface area contributed by atoms with Crippen molar-refractivity contribution < 1.29 is 0 Å². The first kappa shape index (κ1) is 29.4. The highest BCUT2D eigenvalue weighted by Crippen LogP contribution is 2.47. The molecule has 1 aliphatic rings. The number of hydrogen-bond acceptors (Lipinski definition) is 1. The second kappa shape index (κ2) is 11.1. The molecule has 0 radical (unpaired) electrons. The topological polar surface area (TPSA) is 22.8 Å². The molecule has 0 bridgehead atoms. The van der Waals surface area contributed by atoms with E-state index in [0.29, 0.717) is 0 Å². The summed E-state index contributed by atoms with van der Waals surface area (Å²) in [6.07, 6.45) is 1.93. The van der Waals surface area contributed by atoms with Crippen molar-refractivity contribution in [2.24, 2.45) is 0 Å². The lowest BCUT2D eigenvalue weighted by Gasteiger charge is -2.11. The number of para-hydroxylation sites is 2. The summed E-state index contributed by atoms with van der Waals surface area (Å²) in [6, 6.07) is 66.5. The molecular formula is C51H31N3. The van der Waals surface area contributed by atoms with Crippen LogP contribution in [0, 0.1) is 0 Å². The molecule has 250 valence electrons. The highest BCUT2D eigenvalue weighted by molar-refractivity contribution is 6.15. The molecule has 3 aromatic heterocycles. The van der Waals surface area contributed by atoms with Crippen LogP contribution in [0.15, 0.2) is 188 Å². The van der Waals surface area contributed by atoms with Crippen molar-refractivity contribution in [3.8, 4) is 56.0 Å². The van der Waals surface area contributed by atoms with Crippen LogP contribution in [0.25, 0.3) is 110 Å². The van der Waals surface area contributed by atoms with Crippen molar-refractivity contribution in [1.29, 1.82) is 0 Å². The van der Waals surface area contributed by atoms with E-state index in [1.165, 1.54) is 93.3 Å². The first-order valence-electron chi connectivity index (χ1n) is 18.5. The summed E-state index contributed by atoms with van der Waals surface area (Å²) < 4.78 is 4.82. The quantitative estimate of drug-likeness (QED) is 0.181. The van der Waals surface area contributed by atoms with Gasteiger partial charge in [-0.3, -0.25) is 4.98 Å². The molecule has 12 rings (SSSR count). The Bertz CT molecular complexity index is 3320. The Labute approximate surface area is 311 Å². The minimum atomic E-state index is 1.07. The van der Waals surface area contributed by atoms with Gasteiger partial charge >= 0.3 is 0 Å². The maximum Gasteiger partial charge on any atom is 0.0793 e. The van der Waals surface area contributed by atoms with E-state index in [9.17, 15) is 0 Å². The van der Waals surface area contributed by atoms with E-state index >= 15 is 0 Å². The van der Waals surface area contributed by atoms with Gasteiger partial charge in [-0.15, -0.1) is 0 Å². The normalized spacial score (nSPS) is 12.1. The summed E-state index contributed by atoms with van der Waals surface area (Å²) in [5, 5.41) is 7.47. The van der Waals surface area contributed by atoms with Crippen molar-refractivity contribution >= 4 is 54.4 Å². The Morgan fingerprint density at radius 1 is 0.333 bits per heavy atom. The van der Waals surface area contributed by atoms with Crippen LogP contribution < -0.4 is 0 Å². The van der Waals surface area contributed by atoms with Gasteiger partial charge in [-0.05, 0) is 105 Å². The molecule has 11 aromatic rings. The summed E-state index contributed by atoms with van der Waals surface area (Å²) in [7, 11) is 0. The van der Waals surface area contributed by atoms with Crippen molar-refractivity contribution in [2.75, 3.05) is 0 Å². The zero-order valence-electron chi connectivity index (χ0n) is 29.2. The van der Waals surface area contributed by atoms with Crippen LogP contribution in [0.3, 0.4) is 0 Å². The second-order valence-electron chi connectivity index (χ2n) is 14.4. The zero-order chi connectivity index (χ0) is 35.3. The van der Waals surface area contributed by atoms with Gasteiger partial charge in [0.15, 0.2) is 0 Å². The molecule has 0 spiro atoms. The first-order chi connectivity index (χ1) is 26.8. The summed E-state index contributed by atoms with van der Waals surface area (Å²) in [5.74, 6) is 0. The maximum atomic E-state index is 4.88. The second-order valence-corrected chi connectivity index (χ2v) is 14.4. The first-order valence-corrected chi connectivity index (χ1v) is 18.5. The molecule has 0 N–H and O–H groups in total. The molecule has 0 saturated heterocycles. The molecule has 3 nitrogen and oxygen atoms in total. The number of nitrogens with zero attached hydrogens (tertiary/aromatic N) is 3. The van der Waals surface area contributed by atoms with Gasteiger partial charge in [0.25, 0.3) is 0 Å². The summed E-state index contributed by atoms with van der Waals surface area (Å²) >= 11 is 0. The van der Waals surface area contributed by atoms with E-state index in [2.05, 4.69) is 191 Å². The van der Waals surface area contributed by atoms with E-state index in [-0.39, 0.29) is 0 Å². The third kappa shape index (κ3) is 4.15. The maximum absolute atomic E-state index is 4.88. The van der Waals surface area contributed by atoms with Gasteiger partial charge in [-0.25, -0.2) is 0 Å². The van der Waals surface area contributed by atoms with Gasteiger partial charge in [-0.1, -0.05) is 115 Å². The molecule has 0 unspecified atom stereocenters. The molecule has 8 aromatic carbocycles. The van der Waals surface area contributed by atoms with Crippen LogP contribution in [0.4, 0.5) is 0 Å². The van der Waals surface area contributed by atoms with Crippen LogP contribution in [-0.4, -0.2) is 14.1 Å². The fraction of sp³-hybridized carbons (Fsp3) is 0. The Morgan fingerprint density at radius 3 is 1.65 bits per heavy atom. The van der Waals surface area contributed by atoms with Crippen molar-refractivity contribution in [3.63, 3.8) is 0 Å². The average Bonchev–Trinajstić information content (AvgIpc) is 3.87. The molecule has 3 heterocycles. The van der Waals surface area contributed by atoms with Gasteiger partial charge < -0.3 is 9.13 Å². The highest BCUT2D eigenvalue weighted by Gasteiger charge is 2.24. The zero-order valence-corrected chi connectivity index (χ0v) is 29.2. The summed E-state index contributed by atoms with van der Waals surface area (Å²) in [5.41, 5.74) is 16.7. The van der Waals surface area contributed by atoms with Crippen LogP contribution in [-0.2, 0) is 0 Å². The third-order valence-corrected chi connectivity index (χ3v) is 11.5. The molecule has 54 heavy (non-hydrogen) atoms. The number of hydrogen-bond donors (Lipinski definition) is 0. The fourth-order valence-corrected chi connectivity index (χ4v) is 9.08. The standard InChI is InChI=1S/C51H31N3/c1-2-10-32(11-3-1)34-13-8-14-37(28-34)53-46-18-6-4-15-40(46)43-29-35(20-24-48(43)53)36-21-25-49-44(30-36)41-16-5-7-19-47(41)54(49)38-22-23-39-42-17-9-12-33-26-27-52-51(50(33)42)45(39)31-38/h1-31H. The van der Waals surface area contributed by atoms with Gasteiger partial charge in [0.2, 0.25) is 0 Å². The highest BCUT2D eigenvalue weighted by atomic mass is 15.0. The van der Waals surface area contributed by atoms with Gasteiger partial charge in [0.1, 0.15) is 0 Å². The van der Waals surface area contributed by atoms with Crippen LogP contribution in [0.2, 0.25) is 0 Å². The lowest BCUT2D eigenvalue weighted by Crippen LogP contribution is -1.95. The number of pyridine rings is 1. The molecule has 0 amide bonds. The Hall–Kier alpha value is -7.23. The van der Waals surface area contributed by atoms with E-state index < -0.39 is 0 Å². The van der Waals surface area contributed by atoms with Gasteiger partial charge in [0.05, 0.1) is 27.8 Å². The number of benzene rings is 8. The largest absolute Gasteiger partial charge is 0.309 e. The summed E-state index contributed by atoms with van der Waals surface area (Å²) in [4.78, 5) is 4.88. The van der Waals surface area contributed by atoms with Crippen LogP contribution in [0.5, 0.6) is 0 Å². The predicted octanol–water partition coefficient (Wildman–Crippen LogP) is 13.4. The van der Waals surface area contributed by atoms with Gasteiger partial charge in [0, 0.05) is 50.1 Å². The SMILES string of the molecule is c1ccc(-c2cccc(-n3c4ccccc4c4cc(-c5ccc6c(c5)c5ccccc5n6-c5ccc6c(c5)-c5nccc7cccc-6c57)ccc43)c2)cc1. The minimum Gasteiger partial charge on any atom is -0.309 e. The Kier molecular flexibility index (Phi) is 6.05. The Balaban J connectivity index is 1.01. The van der Waals surface area contributed by atoms with Gasteiger partial charge in [-0.2, -0.15) is 0 Å². The number of rotatable bonds is 4. The van der Waals surface area contributed by atoms with Crippen LogP contribution >= 0.6 is 0 Å². The number of fused-ring (bicyclic) bond motifs is 9. The Morgan fingerprint density at radius 2 is 0.926 bits per heavy atom. The monoisotopic (exact) mass is 685 g/mol. The van der Waals surface area contributed by atoms with Crippen molar-refractivity contribution in [3.05, 3.63) is 188 Å². The van der Waals surface area contributed by atoms with E-state index in [4.69, 9.17) is 4.98 Å². The smallest absolute Gasteiger partial charge is 0.0793 e. The van der Waals surface area contributed by atoms with E-state index in [0.717, 1.165) is 17.1 Å². The molecule has 0 fully saturated rings. The molecule has 3 heteroatoms. The average molecular weight is 686 g/mol. The molecule has 0 atom stereocenters. The molecule has 1 aliphatic carbocycles. The third-order valence-electron chi connectivity index (χ3n) is 11.5. The van der Waals surface area contributed by atoms with E-state index in [1.807, 2.05) is 6.20 Å². The lowest BCUT2D eigenvalue weighted by molar-refractivity contribution is 1.18. The number of aromatic nitrogens is 3. The molecular weight excluding hydrogens is 655 g/mol. The molecule has 0 saturated carbocycles. The fourth-order valence-electron chi connectivity index (χ4n) is 9.08.